The number of carbonyl (C=O) groups is 2. The maximum absolute atomic E-state index is 13.4. The number of furan rings is 1. The maximum atomic E-state index is 13.4. The Labute approximate surface area is 218 Å². The molecule has 2 aromatic carbocycles. The molecule has 38 heavy (non-hydrogen) atoms. The van der Waals surface area contributed by atoms with Crippen molar-refractivity contribution in [2.24, 2.45) is 5.73 Å². The number of hydrogen-bond acceptors (Lipinski definition) is 10. The van der Waals surface area contributed by atoms with Crippen LogP contribution in [0, 0.1) is 11.3 Å². The minimum atomic E-state index is -1.00. The number of carbonyl (C=O) groups excluding carboxylic acids is 2. The van der Waals surface area contributed by atoms with Crippen molar-refractivity contribution in [2.75, 3.05) is 26.2 Å². The number of rotatable bonds is 7. The number of nitriles is 1. The van der Waals surface area contributed by atoms with Crippen molar-refractivity contribution in [3.63, 3.8) is 0 Å². The Hall–Kier alpha value is -5.01. The highest BCUT2D eigenvalue weighted by molar-refractivity contribution is 6.07. The molecule has 4 rings (SSSR count). The zero-order chi connectivity index (χ0) is 27.4. The Morgan fingerprint density at radius 2 is 1.76 bits per heavy atom. The second kappa shape index (κ2) is 10.9. The Balaban J connectivity index is 2.11. The molecule has 0 saturated heterocycles. The number of esters is 2. The van der Waals surface area contributed by atoms with E-state index in [1.54, 1.807) is 60.7 Å². The van der Waals surface area contributed by atoms with Crippen LogP contribution in [0.25, 0.3) is 11.3 Å². The number of aliphatic hydroxyl groups is 1. The van der Waals surface area contributed by atoms with Gasteiger partial charge in [-0.25, -0.2) is 9.59 Å². The van der Waals surface area contributed by atoms with E-state index in [-0.39, 0.29) is 35.0 Å². The molecule has 1 aromatic heterocycles. The summed E-state index contributed by atoms with van der Waals surface area (Å²) in [6, 6.07) is 19.0. The molecule has 194 valence electrons. The van der Waals surface area contributed by atoms with Gasteiger partial charge in [0, 0.05) is 11.6 Å². The molecule has 2 heterocycles. The quantitative estimate of drug-likeness (QED) is 0.449. The molecular weight excluding hydrogens is 490 g/mol. The first-order chi connectivity index (χ1) is 18.4. The Morgan fingerprint density at radius 3 is 2.34 bits per heavy atom. The second-order valence-corrected chi connectivity index (χ2v) is 8.14. The average molecular weight is 516 g/mol. The lowest BCUT2D eigenvalue weighted by Gasteiger charge is -2.36. The molecule has 0 saturated carbocycles. The average Bonchev–Trinajstić information content (AvgIpc) is 3.45. The SMILES string of the molecule is COC(=O)C1=C(C(=O)OC)N(c2cc(OC)ccc2-c2ccc(CO)o2)C(N)=C(C#N)C1c1ccccc1. The molecule has 0 spiro atoms. The van der Waals surface area contributed by atoms with Crippen LogP contribution in [0.3, 0.4) is 0 Å². The minimum absolute atomic E-state index is 0.0218. The molecule has 10 heteroatoms. The van der Waals surface area contributed by atoms with Crippen LogP contribution in [0.15, 0.2) is 87.7 Å². The predicted molar refractivity (Wildman–Crippen MR) is 136 cm³/mol. The number of hydrogen-bond donors (Lipinski definition) is 2. The Kier molecular flexibility index (Phi) is 7.50. The zero-order valence-corrected chi connectivity index (χ0v) is 20.9. The third kappa shape index (κ3) is 4.47. The summed E-state index contributed by atoms with van der Waals surface area (Å²) in [6.45, 7) is -0.325. The summed E-state index contributed by atoms with van der Waals surface area (Å²) in [5.41, 5.74) is 7.55. The summed E-state index contributed by atoms with van der Waals surface area (Å²) in [5, 5.41) is 19.8. The van der Waals surface area contributed by atoms with Gasteiger partial charge in [-0.1, -0.05) is 30.3 Å². The highest BCUT2D eigenvalue weighted by Gasteiger charge is 2.43. The van der Waals surface area contributed by atoms with E-state index in [1.165, 1.54) is 26.2 Å². The van der Waals surface area contributed by atoms with Crippen LogP contribution in [0.2, 0.25) is 0 Å². The number of aliphatic hydroxyl groups excluding tert-OH is 1. The first-order valence-corrected chi connectivity index (χ1v) is 11.4. The van der Waals surface area contributed by atoms with Gasteiger partial charge in [-0.15, -0.1) is 0 Å². The highest BCUT2D eigenvalue weighted by Crippen LogP contribution is 2.46. The number of methoxy groups -OCH3 is 3. The van der Waals surface area contributed by atoms with Gasteiger partial charge in [-0.05, 0) is 29.8 Å². The summed E-state index contributed by atoms with van der Waals surface area (Å²) in [7, 11) is 3.82. The first kappa shape index (κ1) is 26.1. The summed E-state index contributed by atoms with van der Waals surface area (Å²) in [6.07, 6.45) is 0. The molecule has 10 nitrogen and oxygen atoms in total. The molecule has 1 unspecified atom stereocenters. The van der Waals surface area contributed by atoms with E-state index in [0.717, 1.165) is 0 Å². The van der Waals surface area contributed by atoms with E-state index in [9.17, 15) is 20.0 Å². The minimum Gasteiger partial charge on any atom is -0.497 e. The van der Waals surface area contributed by atoms with Crippen molar-refractivity contribution in [2.45, 2.75) is 12.5 Å². The number of ether oxygens (including phenoxy) is 3. The van der Waals surface area contributed by atoms with Gasteiger partial charge in [0.05, 0.1) is 50.2 Å². The van der Waals surface area contributed by atoms with Crippen molar-refractivity contribution in [3.8, 4) is 23.1 Å². The number of benzene rings is 2. The fraction of sp³-hybridized carbons (Fsp3) is 0.179. The monoisotopic (exact) mass is 515 g/mol. The number of nitrogens with two attached hydrogens (primary N) is 1. The normalized spacial score (nSPS) is 15.2. The topological polar surface area (TPSA) is 148 Å². The van der Waals surface area contributed by atoms with Gasteiger partial charge >= 0.3 is 11.9 Å². The third-order valence-electron chi connectivity index (χ3n) is 6.14. The van der Waals surface area contributed by atoms with Gasteiger partial charge in [-0.2, -0.15) is 5.26 Å². The second-order valence-electron chi connectivity index (χ2n) is 8.14. The number of nitrogens with zero attached hydrogens (tertiary/aromatic N) is 2. The molecular formula is C28H25N3O7. The van der Waals surface area contributed by atoms with Gasteiger partial charge < -0.3 is 29.5 Å². The molecule has 1 aliphatic rings. The van der Waals surface area contributed by atoms with Gasteiger partial charge in [0.15, 0.2) is 0 Å². The highest BCUT2D eigenvalue weighted by atomic mass is 16.5. The fourth-order valence-electron chi connectivity index (χ4n) is 4.40. The smallest absolute Gasteiger partial charge is 0.355 e. The van der Waals surface area contributed by atoms with E-state index in [1.807, 2.05) is 0 Å². The lowest BCUT2D eigenvalue weighted by atomic mass is 9.80. The maximum Gasteiger partial charge on any atom is 0.355 e. The molecule has 1 aliphatic heterocycles. The first-order valence-electron chi connectivity index (χ1n) is 11.4. The largest absolute Gasteiger partial charge is 0.497 e. The van der Waals surface area contributed by atoms with Crippen molar-refractivity contribution < 1.29 is 33.3 Å². The molecule has 0 bridgehead atoms. The molecule has 0 fully saturated rings. The molecule has 0 aliphatic carbocycles. The van der Waals surface area contributed by atoms with Crippen LogP contribution in [-0.4, -0.2) is 38.4 Å². The van der Waals surface area contributed by atoms with Crippen LogP contribution in [0.1, 0.15) is 17.2 Å². The lowest BCUT2D eigenvalue weighted by molar-refractivity contribution is -0.139. The van der Waals surface area contributed by atoms with Crippen LogP contribution in [0.5, 0.6) is 5.75 Å². The predicted octanol–water partition coefficient (Wildman–Crippen LogP) is 3.35. The number of anilines is 1. The van der Waals surface area contributed by atoms with E-state index in [0.29, 0.717) is 28.4 Å². The molecule has 3 aromatic rings. The van der Waals surface area contributed by atoms with Crippen molar-refractivity contribution in [3.05, 3.63) is 94.7 Å². The summed E-state index contributed by atoms with van der Waals surface area (Å²) < 4.78 is 21.4. The standard InChI is InChI=1S/C28H25N3O7/c1-35-17-9-11-19(22-12-10-18(15-32)38-22)21(13-17)31-25(28(34)37-3)24(27(33)36-2)23(20(14-29)26(31)30)16-7-5-4-6-8-16/h4-13,23,32H,15,30H2,1-3H3. The van der Waals surface area contributed by atoms with Crippen LogP contribution >= 0.6 is 0 Å². The van der Waals surface area contributed by atoms with Crippen molar-refractivity contribution >= 4 is 17.6 Å². The molecule has 0 amide bonds. The Bertz CT molecular complexity index is 1480. The van der Waals surface area contributed by atoms with Crippen molar-refractivity contribution in [1.29, 1.82) is 5.26 Å². The lowest BCUT2D eigenvalue weighted by Crippen LogP contribution is -2.41. The van der Waals surface area contributed by atoms with Gasteiger partial charge in [0.1, 0.15) is 35.4 Å². The van der Waals surface area contributed by atoms with E-state index < -0.39 is 17.9 Å². The molecule has 3 N–H and O–H groups in total. The van der Waals surface area contributed by atoms with E-state index in [4.69, 9.17) is 24.4 Å². The third-order valence-corrected chi connectivity index (χ3v) is 6.14. The van der Waals surface area contributed by atoms with Crippen LogP contribution < -0.4 is 15.4 Å². The fourth-order valence-corrected chi connectivity index (χ4v) is 4.40. The van der Waals surface area contributed by atoms with Gasteiger partial charge in [-0.3, -0.25) is 4.90 Å². The van der Waals surface area contributed by atoms with E-state index in [2.05, 4.69) is 6.07 Å². The zero-order valence-electron chi connectivity index (χ0n) is 20.9. The summed E-state index contributed by atoms with van der Waals surface area (Å²) in [4.78, 5) is 27.9. The van der Waals surface area contributed by atoms with Gasteiger partial charge in [0.2, 0.25) is 0 Å². The van der Waals surface area contributed by atoms with Crippen LogP contribution in [-0.2, 0) is 25.7 Å². The molecule has 0 radical (unpaired) electrons. The number of allylic oxidation sites excluding steroid dienone is 1. The Morgan fingerprint density at radius 1 is 1.05 bits per heavy atom. The molecule has 1 atom stereocenters. The van der Waals surface area contributed by atoms with E-state index >= 15 is 0 Å². The summed E-state index contributed by atoms with van der Waals surface area (Å²) in [5.74, 6) is -1.77. The van der Waals surface area contributed by atoms with Crippen molar-refractivity contribution in [1.82, 2.24) is 0 Å². The summed E-state index contributed by atoms with van der Waals surface area (Å²) >= 11 is 0. The van der Waals surface area contributed by atoms with Crippen LogP contribution in [0.4, 0.5) is 5.69 Å². The van der Waals surface area contributed by atoms with Gasteiger partial charge in [0.25, 0.3) is 0 Å².